The molecule has 0 saturated carbocycles. The first-order valence-electron chi connectivity index (χ1n) is 13.6. The van der Waals surface area contributed by atoms with Crippen LogP contribution in [0.3, 0.4) is 0 Å². The molecule has 1 aliphatic heterocycles. The van der Waals surface area contributed by atoms with Crippen molar-refractivity contribution in [2.24, 2.45) is 11.8 Å². The highest BCUT2D eigenvalue weighted by Crippen LogP contribution is 2.41. The van der Waals surface area contributed by atoms with Crippen molar-refractivity contribution in [3.8, 4) is 0 Å². The second kappa shape index (κ2) is 9.49. The van der Waals surface area contributed by atoms with E-state index in [0.717, 1.165) is 60.6 Å². The smallest absolute Gasteiger partial charge is 0.263 e. The number of carbonyl (C=O) groups excluding carboxylic acids is 1. The minimum absolute atomic E-state index is 0.130. The molecular formula is C31H35N3O3. The summed E-state index contributed by atoms with van der Waals surface area (Å²) in [7, 11) is 0. The fraction of sp³-hybridized carbons (Fsp3) is 0.419. The van der Waals surface area contributed by atoms with Gasteiger partial charge in [-0.2, -0.15) is 0 Å². The van der Waals surface area contributed by atoms with Crippen LogP contribution in [0.15, 0.2) is 53.0 Å². The zero-order valence-electron chi connectivity index (χ0n) is 21.7. The lowest BCUT2D eigenvalue weighted by Gasteiger charge is -2.24. The van der Waals surface area contributed by atoms with Crippen LogP contribution < -0.4 is 21.9 Å². The van der Waals surface area contributed by atoms with Crippen molar-refractivity contribution in [2.75, 3.05) is 12.3 Å². The van der Waals surface area contributed by atoms with Gasteiger partial charge < -0.3 is 15.4 Å². The molecule has 3 aliphatic carbocycles. The van der Waals surface area contributed by atoms with E-state index in [0.29, 0.717) is 12.0 Å². The Bertz CT molecular complexity index is 1500. The number of anilines is 1. The third-order valence-corrected chi connectivity index (χ3v) is 8.14. The summed E-state index contributed by atoms with van der Waals surface area (Å²) in [6.07, 6.45) is 15.2. The number of nitrogen functional groups attached to an aromatic ring is 1. The molecule has 0 amide bonds. The number of ether oxygens (including phenoxy) is 1. The molecule has 6 nitrogen and oxygen atoms in total. The first kappa shape index (κ1) is 24.0. The van der Waals surface area contributed by atoms with Crippen molar-refractivity contribution in [1.82, 2.24) is 9.47 Å². The van der Waals surface area contributed by atoms with Crippen LogP contribution >= 0.6 is 0 Å². The molecule has 1 fully saturated rings. The van der Waals surface area contributed by atoms with Gasteiger partial charge in [-0.3, -0.25) is 9.59 Å². The summed E-state index contributed by atoms with van der Waals surface area (Å²) in [5.41, 5.74) is 10.7. The number of epoxide rings is 1. The van der Waals surface area contributed by atoms with Crippen LogP contribution in [-0.4, -0.2) is 28.1 Å². The predicted molar refractivity (Wildman–Crippen MR) is 146 cm³/mol. The van der Waals surface area contributed by atoms with Gasteiger partial charge in [0, 0.05) is 24.4 Å². The number of fused-ring (bicyclic) bond motifs is 2. The van der Waals surface area contributed by atoms with Gasteiger partial charge in [0.25, 0.3) is 5.56 Å². The number of allylic oxidation sites excluding steroid dienone is 3. The molecule has 0 bridgehead atoms. The SMILES string of the molecule is CCN(C1=CCCC=C1)C1OC1c1cc2c(n(C(=O)CC3Cc4ccc(N)cc4C3)c1=O)=CC(C)CC=2. The quantitative estimate of drug-likeness (QED) is 0.489. The Morgan fingerprint density at radius 1 is 1.16 bits per heavy atom. The van der Waals surface area contributed by atoms with Crippen LogP contribution in [-0.2, 0) is 17.6 Å². The van der Waals surface area contributed by atoms with E-state index in [9.17, 15) is 9.59 Å². The maximum Gasteiger partial charge on any atom is 0.263 e. The molecule has 1 aromatic heterocycles. The standard InChI is InChI=1S/C31H35N3O3/c1-3-33(25-7-5-4-6-8-25)31-29(37-31)26-18-22-10-9-19(2)13-27(22)34(30(26)36)28(35)16-20-14-21-11-12-24(32)17-23(21)15-20/h5,7-8,10-13,17-20,29,31H,3-4,6,9,14-16,32H2,1-2H3. The van der Waals surface area contributed by atoms with Gasteiger partial charge in [0.15, 0.2) is 6.23 Å². The fourth-order valence-electron chi connectivity index (χ4n) is 6.21. The van der Waals surface area contributed by atoms with Gasteiger partial charge in [-0.1, -0.05) is 37.3 Å². The third kappa shape index (κ3) is 4.48. The van der Waals surface area contributed by atoms with Gasteiger partial charge in [0.2, 0.25) is 5.91 Å². The van der Waals surface area contributed by atoms with E-state index in [2.05, 4.69) is 55.2 Å². The van der Waals surface area contributed by atoms with Crippen LogP contribution in [0.1, 0.15) is 67.1 Å². The average molecular weight is 498 g/mol. The molecule has 2 heterocycles. The van der Waals surface area contributed by atoms with E-state index in [4.69, 9.17) is 10.5 Å². The normalized spacial score (nSPS) is 25.4. The van der Waals surface area contributed by atoms with Crippen molar-refractivity contribution >= 4 is 23.7 Å². The molecule has 1 saturated heterocycles. The van der Waals surface area contributed by atoms with E-state index in [1.165, 1.54) is 15.7 Å². The summed E-state index contributed by atoms with van der Waals surface area (Å²) < 4.78 is 7.56. The third-order valence-electron chi connectivity index (χ3n) is 8.14. The number of carbonyl (C=O) groups is 1. The molecular weight excluding hydrogens is 462 g/mol. The molecule has 192 valence electrons. The highest BCUT2D eigenvalue weighted by molar-refractivity contribution is 5.80. The van der Waals surface area contributed by atoms with Crippen molar-refractivity contribution in [1.29, 1.82) is 0 Å². The fourth-order valence-corrected chi connectivity index (χ4v) is 6.21. The van der Waals surface area contributed by atoms with Gasteiger partial charge in [0.1, 0.15) is 6.10 Å². The first-order chi connectivity index (χ1) is 17.9. The van der Waals surface area contributed by atoms with E-state index in [-0.39, 0.29) is 35.6 Å². The van der Waals surface area contributed by atoms with Gasteiger partial charge in [-0.15, -0.1) is 0 Å². The Hall–Kier alpha value is -3.38. The largest absolute Gasteiger partial charge is 0.399 e. The van der Waals surface area contributed by atoms with Gasteiger partial charge in [-0.25, -0.2) is 4.57 Å². The highest BCUT2D eigenvalue weighted by atomic mass is 16.6. The predicted octanol–water partition coefficient (Wildman–Crippen LogP) is 3.43. The number of hydrogen-bond donors (Lipinski definition) is 1. The summed E-state index contributed by atoms with van der Waals surface area (Å²) in [6, 6.07) is 7.96. The van der Waals surface area contributed by atoms with E-state index < -0.39 is 0 Å². The minimum Gasteiger partial charge on any atom is -0.399 e. The molecule has 0 radical (unpaired) electrons. The molecule has 4 unspecified atom stereocenters. The van der Waals surface area contributed by atoms with E-state index in [1.54, 1.807) is 0 Å². The molecule has 4 atom stereocenters. The second-order valence-electron chi connectivity index (χ2n) is 10.9. The van der Waals surface area contributed by atoms with Gasteiger partial charge in [0.05, 0.1) is 10.9 Å². The summed E-state index contributed by atoms with van der Waals surface area (Å²) in [5, 5.41) is 1.69. The number of likely N-dealkylation sites (N-methyl/N-ethyl adjacent to an activating group) is 1. The first-order valence-corrected chi connectivity index (χ1v) is 13.6. The van der Waals surface area contributed by atoms with Gasteiger partial charge >= 0.3 is 0 Å². The lowest BCUT2D eigenvalue weighted by molar-refractivity contribution is 0.0872. The lowest BCUT2D eigenvalue weighted by atomic mass is 9.98. The van der Waals surface area contributed by atoms with Crippen molar-refractivity contribution in [3.63, 3.8) is 0 Å². The number of hydrogen-bond acceptors (Lipinski definition) is 5. The zero-order chi connectivity index (χ0) is 25.7. The molecule has 2 aromatic rings. The van der Waals surface area contributed by atoms with E-state index >= 15 is 0 Å². The summed E-state index contributed by atoms with van der Waals surface area (Å²) in [4.78, 5) is 29.9. The monoisotopic (exact) mass is 497 g/mol. The maximum absolute atomic E-state index is 13.9. The van der Waals surface area contributed by atoms with Crippen LogP contribution in [0, 0.1) is 11.8 Å². The number of nitrogens with two attached hydrogens (primary N) is 1. The summed E-state index contributed by atoms with van der Waals surface area (Å²) >= 11 is 0. The molecule has 37 heavy (non-hydrogen) atoms. The Balaban J connectivity index is 1.32. The Kier molecular flexibility index (Phi) is 6.15. The summed E-state index contributed by atoms with van der Waals surface area (Å²) in [5.74, 6) is 0.321. The van der Waals surface area contributed by atoms with Crippen LogP contribution in [0.2, 0.25) is 0 Å². The zero-order valence-corrected chi connectivity index (χ0v) is 21.7. The molecule has 4 aliphatic rings. The molecule has 0 spiro atoms. The topological polar surface area (TPSA) is 80.9 Å². The van der Waals surface area contributed by atoms with Crippen LogP contribution in [0.4, 0.5) is 5.69 Å². The van der Waals surface area contributed by atoms with Crippen molar-refractivity contribution in [3.05, 3.63) is 85.8 Å². The Morgan fingerprint density at radius 2 is 2.00 bits per heavy atom. The van der Waals surface area contributed by atoms with Crippen molar-refractivity contribution in [2.45, 2.75) is 64.7 Å². The molecule has 2 N–H and O–H groups in total. The highest BCUT2D eigenvalue weighted by Gasteiger charge is 2.47. The van der Waals surface area contributed by atoms with Crippen LogP contribution in [0.5, 0.6) is 0 Å². The molecule has 1 aromatic carbocycles. The lowest BCUT2D eigenvalue weighted by Crippen LogP contribution is -2.49. The second-order valence-corrected chi connectivity index (χ2v) is 10.9. The Labute approximate surface area is 217 Å². The van der Waals surface area contributed by atoms with E-state index in [1.807, 2.05) is 18.2 Å². The maximum atomic E-state index is 13.9. The molecule has 6 rings (SSSR count). The Morgan fingerprint density at radius 3 is 2.78 bits per heavy atom. The number of benzene rings is 1. The minimum atomic E-state index is -0.334. The average Bonchev–Trinajstić information content (AvgIpc) is 3.56. The number of nitrogens with zero attached hydrogens (tertiary/aromatic N) is 2. The number of aromatic nitrogens is 1. The molecule has 6 heteroatoms. The number of rotatable bonds is 6. The summed E-state index contributed by atoms with van der Waals surface area (Å²) in [6.45, 7) is 5.02. The number of pyridine rings is 1. The van der Waals surface area contributed by atoms with Crippen molar-refractivity contribution < 1.29 is 9.53 Å². The van der Waals surface area contributed by atoms with Crippen LogP contribution in [0.25, 0.3) is 12.2 Å². The van der Waals surface area contributed by atoms with Gasteiger partial charge in [-0.05, 0) is 91.5 Å².